The number of carbonyl (C=O) groups excluding carboxylic acids is 1. The van der Waals surface area contributed by atoms with Crippen LogP contribution in [0, 0.1) is 17.7 Å². The van der Waals surface area contributed by atoms with Crippen LogP contribution in [0.2, 0.25) is 0 Å². The predicted octanol–water partition coefficient (Wildman–Crippen LogP) is 2.43. The molecule has 1 rings (SSSR count). The van der Waals surface area contributed by atoms with Crippen molar-refractivity contribution in [3.05, 3.63) is 35.1 Å². The Hall–Kier alpha value is -1.86. The summed E-state index contributed by atoms with van der Waals surface area (Å²) in [6.07, 6.45) is 1.65. The van der Waals surface area contributed by atoms with Crippen molar-refractivity contribution in [1.82, 2.24) is 4.90 Å². The zero-order chi connectivity index (χ0) is 15.1. The van der Waals surface area contributed by atoms with Crippen LogP contribution in [0.5, 0.6) is 0 Å². The van der Waals surface area contributed by atoms with Gasteiger partial charge in [0.15, 0.2) is 0 Å². The number of hydrogen-bond donors (Lipinski definition) is 1. The third kappa shape index (κ3) is 3.82. The van der Waals surface area contributed by atoms with Crippen molar-refractivity contribution in [3.8, 4) is 11.8 Å². The lowest BCUT2D eigenvalue weighted by Crippen LogP contribution is -2.36. The van der Waals surface area contributed by atoms with Crippen molar-refractivity contribution < 1.29 is 14.3 Å². The third-order valence-electron chi connectivity index (χ3n) is 3.32. The summed E-state index contributed by atoms with van der Waals surface area (Å²) in [6, 6.07) is 4.24. The maximum atomic E-state index is 13.8. The predicted molar refractivity (Wildman–Crippen MR) is 76.8 cm³/mol. The molecule has 0 aliphatic rings. The molecule has 0 radical (unpaired) electrons. The first kappa shape index (κ1) is 16.2. The van der Waals surface area contributed by atoms with E-state index < -0.39 is 5.82 Å². The smallest absolute Gasteiger partial charge is 0.256 e. The molecular weight excluding hydrogens is 257 g/mol. The van der Waals surface area contributed by atoms with E-state index in [0.29, 0.717) is 5.56 Å². The summed E-state index contributed by atoms with van der Waals surface area (Å²) in [5.41, 5.74) is 0.533. The first-order valence-electron chi connectivity index (χ1n) is 6.71. The van der Waals surface area contributed by atoms with Gasteiger partial charge in [0, 0.05) is 18.7 Å². The fourth-order valence-corrected chi connectivity index (χ4v) is 2.10. The molecule has 0 fully saturated rings. The summed E-state index contributed by atoms with van der Waals surface area (Å²) >= 11 is 0. The van der Waals surface area contributed by atoms with Crippen LogP contribution in [0.15, 0.2) is 18.2 Å². The van der Waals surface area contributed by atoms with E-state index in [-0.39, 0.29) is 24.1 Å². The van der Waals surface area contributed by atoms with Crippen LogP contribution in [0.25, 0.3) is 0 Å². The minimum Gasteiger partial charge on any atom is -0.384 e. The molecule has 3 nitrogen and oxygen atoms in total. The van der Waals surface area contributed by atoms with Crippen LogP contribution in [0.3, 0.4) is 0 Å². The fraction of sp³-hybridized carbons (Fsp3) is 0.438. The third-order valence-corrected chi connectivity index (χ3v) is 3.32. The van der Waals surface area contributed by atoms with Gasteiger partial charge < -0.3 is 10.0 Å². The van der Waals surface area contributed by atoms with Crippen molar-refractivity contribution in [3.63, 3.8) is 0 Å². The molecule has 0 unspecified atom stereocenters. The molecule has 20 heavy (non-hydrogen) atoms. The molecule has 0 heterocycles. The lowest BCUT2D eigenvalue weighted by molar-refractivity contribution is 0.0719. The van der Waals surface area contributed by atoms with Gasteiger partial charge in [-0.3, -0.25) is 4.79 Å². The van der Waals surface area contributed by atoms with Crippen molar-refractivity contribution in [2.75, 3.05) is 13.7 Å². The molecule has 1 aromatic rings. The average molecular weight is 277 g/mol. The summed E-state index contributed by atoms with van der Waals surface area (Å²) in [5, 5.41) is 8.66. The zero-order valence-electron chi connectivity index (χ0n) is 12.1. The van der Waals surface area contributed by atoms with Crippen LogP contribution < -0.4 is 0 Å². The number of benzene rings is 1. The summed E-state index contributed by atoms with van der Waals surface area (Å²) in [4.78, 5) is 13.9. The molecule has 0 aliphatic carbocycles. The second kappa shape index (κ2) is 7.66. The quantitative estimate of drug-likeness (QED) is 0.859. The van der Waals surface area contributed by atoms with E-state index in [2.05, 4.69) is 11.8 Å². The Labute approximate surface area is 119 Å². The number of rotatable bonds is 4. The lowest BCUT2D eigenvalue weighted by Gasteiger charge is -2.26. The van der Waals surface area contributed by atoms with E-state index in [0.717, 1.165) is 12.8 Å². The highest BCUT2D eigenvalue weighted by Gasteiger charge is 2.21. The van der Waals surface area contributed by atoms with Crippen LogP contribution in [-0.4, -0.2) is 35.6 Å². The summed E-state index contributed by atoms with van der Waals surface area (Å²) < 4.78 is 13.8. The van der Waals surface area contributed by atoms with E-state index in [1.807, 2.05) is 13.8 Å². The highest BCUT2D eigenvalue weighted by atomic mass is 19.1. The summed E-state index contributed by atoms with van der Waals surface area (Å²) in [6.45, 7) is 3.73. The second-order valence-corrected chi connectivity index (χ2v) is 4.54. The van der Waals surface area contributed by atoms with Crippen molar-refractivity contribution in [2.24, 2.45) is 0 Å². The average Bonchev–Trinajstić information content (AvgIpc) is 2.46. The minimum atomic E-state index is -0.553. The zero-order valence-corrected chi connectivity index (χ0v) is 12.1. The van der Waals surface area contributed by atoms with Crippen LogP contribution in [-0.2, 0) is 0 Å². The highest BCUT2D eigenvalue weighted by molar-refractivity contribution is 5.94. The molecule has 1 aromatic carbocycles. The molecule has 0 atom stereocenters. The van der Waals surface area contributed by atoms with E-state index in [9.17, 15) is 9.18 Å². The number of aliphatic hydroxyl groups is 1. The molecule has 0 bridgehead atoms. The topological polar surface area (TPSA) is 40.5 Å². The Kier molecular flexibility index (Phi) is 6.20. The lowest BCUT2D eigenvalue weighted by atomic mass is 10.1. The van der Waals surface area contributed by atoms with Gasteiger partial charge in [0.1, 0.15) is 12.4 Å². The van der Waals surface area contributed by atoms with Gasteiger partial charge in [0.05, 0.1) is 5.56 Å². The van der Waals surface area contributed by atoms with Gasteiger partial charge in [-0.1, -0.05) is 25.7 Å². The van der Waals surface area contributed by atoms with Crippen LogP contribution >= 0.6 is 0 Å². The monoisotopic (exact) mass is 277 g/mol. The molecule has 0 saturated heterocycles. The minimum absolute atomic E-state index is 0.0177. The van der Waals surface area contributed by atoms with Gasteiger partial charge in [-0.25, -0.2) is 4.39 Å². The number of amides is 1. The first-order chi connectivity index (χ1) is 9.54. The molecule has 0 saturated carbocycles. The normalized spacial score (nSPS) is 10.1. The van der Waals surface area contributed by atoms with Gasteiger partial charge in [-0.05, 0) is 31.0 Å². The van der Waals surface area contributed by atoms with Crippen LogP contribution in [0.4, 0.5) is 4.39 Å². The summed E-state index contributed by atoms with van der Waals surface area (Å²) in [5.74, 6) is 4.26. The molecule has 1 N–H and O–H groups in total. The van der Waals surface area contributed by atoms with E-state index in [1.54, 1.807) is 11.9 Å². The molecule has 0 aromatic heterocycles. The second-order valence-electron chi connectivity index (χ2n) is 4.54. The molecule has 0 aliphatic heterocycles. The maximum absolute atomic E-state index is 13.8. The fourth-order valence-electron chi connectivity index (χ4n) is 2.10. The van der Waals surface area contributed by atoms with Crippen molar-refractivity contribution in [2.45, 2.75) is 32.7 Å². The van der Waals surface area contributed by atoms with Gasteiger partial charge in [-0.15, -0.1) is 0 Å². The number of aliphatic hydroxyl groups excluding tert-OH is 1. The van der Waals surface area contributed by atoms with Gasteiger partial charge >= 0.3 is 0 Å². The highest BCUT2D eigenvalue weighted by Crippen LogP contribution is 2.16. The molecular formula is C16H20FNO2. The Bertz CT molecular complexity index is 527. The maximum Gasteiger partial charge on any atom is 0.256 e. The molecule has 4 heteroatoms. The number of nitrogens with zero attached hydrogens (tertiary/aromatic N) is 1. The Morgan fingerprint density at radius 1 is 1.40 bits per heavy atom. The number of carbonyl (C=O) groups is 1. The van der Waals surface area contributed by atoms with Gasteiger partial charge in [0.25, 0.3) is 5.91 Å². The van der Waals surface area contributed by atoms with E-state index >= 15 is 0 Å². The van der Waals surface area contributed by atoms with Gasteiger partial charge in [0.2, 0.25) is 0 Å². The summed E-state index contributed by atoms with van der Waals surface area (Å²) in [7, 11) is 1.69. The SMILES string of the molecule is CCC(CC)N(C)C(=O)c1cc(C#CCO)ccc1F. The van der Waals surface area contributed by atoms with Crippen molar-refractivity contribution in [1.29, 1.82) is 0 Å². The van der Waals surface area contributed by atoms with E-state index in [4.69, 9.17) is 5.11 Å². The van der Waals surface area contributed by atoms with E-state index in [1.165, 1.54) is 18.2 Å². The molecule has 108 valence electrons. The van der Waals surface area contributed by atoms with Crippen molar-refractivity contribution >= 4 is 5.91 Å². The van der Waals surface area contributed by atoms with Crippen LogP contribution in [0.1, 0.15) is 42.6 Å². The first-order valence-corrected chi connectivity index (χ1v) is 6.71. The standard InChI is InChI=1S/C16H20FNO2/c1-4-13(5-2)18(3)16(20)14-11-12(7-6-10-19)8-9-15(14)17/h8-9,11,13,19H,4-5,10H2,1-3H3. The Morgan fingerprint density at radius 3 is 2.60 bits per heavy atom. The molecule has 1 amide bonds. The van der Waals surface area contributed by atoms with Gasteiger partial charge in [-0.2, -0.15) is 0 Å². The number of hydrogen-bond acceptors (Lipinski definition) is 2. The largest absolute Gasteiger partial charge is 0.384 e. The Balaban J connectivity index is 3.08. The number of halogens is 1. The Morgan fingerprint density at radius 2 is 2.05 bits per heavy atom. The molecule has 0 spiro atoms.